The minimum absolute atomic E-state index is 0.203. The summed E-state index contributed by atoms with van der Waals surface area (Å²) in [6.45, 7) is 5.06. The van der Waals surface area contributed by atoms with Crippen molar-refractivity contribution in [3.63, 3.8) is 0 Å². The molecule has 5 rings (SSSR count). The first-order chi connectivity index (χ1) is 16.2. The molecule has 0 bridgehead atoms. The summed E-state index contributed by atoms with van der Waals surface area (Å²) in [6.07, 6.45) is 2.98. The Hall–Kier alpha value is -2.88. The Morgan fingerprint density at radius 1 is 1.35 bits per heavy atom. The number of carbonyl (C=O) groups excluding carboxylic acids is 1. The zero-order valence-electron chi connectivity index (χ0n) is 19.4. The van der Waals surface area contributed by atoms with Crippen LogP contribution in [0.15, 0.2) is 36.5 Å². The maximum absolute atomic E-state index is 13.6. The lowest BCUT2D eigenvalue weighted by molar-refractivity contribution is -0.131. The Kier molecular flexibility index (Phi) is 5.66. The van der Waals surface area contributed by atoms with Crippen molar-refractivity contribution in [2.75, 3.05) is 25.6 Å². The summed E-state index contributed by atoms with van der Waals surface area (Å²) in [5.41, 5.74) is 0.504. The number of nitrogens with one attached hydrogen (secondary N) is 1. The van der Waals surface area contributed by atoms with Crippen LogP contribution in [0.2, 0.25) is 5.02 Å². The van der Waals surface area contributed by atoms with E-state index in [4.69, 9.17) is 21.1 Å². The molecule has 1 aliphatic carbocycles. The molecule has 1 atom stereocenters. The Morgan fingerprint density at radius 3 is 2.85 bits per heavy atom. The molecule has 1 saturated heterocycles. The molecule has 34 heavy (non-hydrogen) atoms. The molecule has 0 radical (unpaired) electrons. The highest BCUT2D eigenvalue weighted by molar-refractivity contribution is 6.30. The average molecular weight is 486 g/mol. The Morgan fingerprint density at radius 2 is 2.15 bits per heavy atom. The molecule has 2 aliphatic rings. The van der Waals surface area contributed by atoms with E-state index < -0.39 is 11.2 Å². The first-order valence-corrected chi connectivity index (χ1v) is 11.7. The van der Waals surface area contributed by atoms with Gasteiger partial charge in [0.25, 0.3) is 5.91 Å². The van der Waals surface area contributed by atoms with E-state index in [9.17, 15) is 9.90 Å². The maximum atomic E-state index is 13.6. The third-order valence-corrected chi connectivity index (χ3v) is 6.64. The number of aliphatic hydroxyl groups is 1. The number of pyridine rings is 1. The van der Waals surface area contributed by atoms with Gasteiger partial charge in [-0.1, -0.05) is 23.7 Å². The lowest BCUT2D eigenvalue weighted by atomic mass is 9.99. The van der Waals surface area contributed by atoms with Crippen LogP contribution < -0.4 is 10.1 Å². The van der Waals surface area contributed by atoms with Crippen LogP contribution in [0.4, 0.5) is 5.95 Å². The summed E-state index contributed by atoms with van der Waals surface area (Å²) in [7, 11) is 1.53. The van der Waals surface area contributed by atoms with Crippen LogP contribution in [-0.2, 0) is 11.3 Å². The molecule has 2 fully saturated rings. The van der Waals surface area contributed by atoms with Gasteiger partial charge in [-0.2, -0.15) is 4.98 Å². The summed E-state index contributed by atoms with van der Waals surface area (Å²) in [6, 6.07) is 8.81. The van der Waals surface area contributed by atoms with E-state index in [0.29, 0.717) is 60.5 Å². The topological polar surface area (TPSA) is 101 Å². The molecule has 1 aliphatic heterocycles. The van der Waals surface area contributed by atoms with Crippen molar-refractivity contribution in [2.24, 2.45) is 0 Å². The van der Waals surface area contributed by atoms with Crippen LogP contribution in [0.25, 0.3) is 5.65 Å². The van der Waals surface area contributed by atoms with E-state index in [-0.39, 0.29) is 11.9 Å². The number of hydrogen-bond donors (Lipinski definition) is 2. The van der Waals surface area contributed by atoms with Gasteiger partial charge in [0.05, 0.1) is 36.5 Å². The van der Waals surface area contributed by atoms with Gasteiger partial charge < -0.3 is 24.8 Å². The number of nitrogens with zero attached hydrogens (tertiary/aromatic N) is 4. The van der Waals surface area contributed by atoms with Crippen molar-refractivity contribution in [1.82, 2.24) is 19.5 Å². The van der Waals surface area contributed by atoms with Crippen LogP contribution in [-0.4, -0.2) is 68.0 Å². The molecule has 3 aromatic rings. The highest BCUT2D eigenvalue weighted by atomic mass is 35.5. The second kappa shape index (κ2) is 8.41. The minimum Gasteiger partial charge on any atom is -0.493 e. The fourth-order valence-electron chi connectivity index (χ4n) is 4.37. The van der Waals surface area contributed by atoms with Gasteiger partial charge in [0.2, 0.25) is 5.95 Å². The summed E-state index contributed by atoms with van der Waals surface area (Å²) >= 11 is 6.06. The molecule has 180 valence electrons. The Bertz CT molecular complexity index is 1240. The number of ether oxygens (including phenoxy) is 2. The first-order valence-electron chi connectivity index (χ1n) is 11.3. The predicted molar refractivity (Wildman–Crippen MR) is 127 cm³/mol. The fourth-order valence-corrected chi connectivity index (χ4v) is 4.59. The smallest absolute Gasteiger partial charge is 0.256 e. The zero-order chi connectivity index (χ0) is 24.1. The molecule has 0 spiro atoms. The number of amides is 1. The molecule has 1 aromatic carbocycles. The molecule has 2 N–H and O–H groups in total. The standard InChI is InChI=1S/C24H28ClN5O4/c1-23(2)14-29(19(13-34-23)24(32)7-8-24)21(31)16-10-18(33-3)20-27-22(28-30(20)12-16)26-11-15-5-4-6-17(25)9-15/h4-6,9-10,12,19,32H,7-8,11,13-14H2,1-3H3,(H,26,28). The fraction of sp³-hybridized carbons (Fsp3) is 0.458. The maximum Gasteiger partial charge on any atom is 0.256 e. The lowest BCUT2D eigenvalue weighted by Crippen LogP contribution is -2.60. The van der Waals surface area contributed by atoms with Crippen LogP contribution in [0.5, 0.6) is 5.75 Å². The quantitative estimate of drug-likeness (QED) is 0.553. The average Bonchev–Trinajstić information content (AvgIpc) is 3.40. The van der Waals surface area contributed by atoms with Crippen molar-refractivity contribution in [2.45, 2.75) is 50.5 Å². The Balaban J connectivity index is 1.43. The van der Waals surface area contributed by atoms with Crippen LogP contribution >= 0.6 is 11.6 Å². The largest absolute Gasteiger partial charge is 0.493 e. The van der Waals surface area contributed by atoms with Gasteiger partial charge in [-0.3, -0.25) is 4.79 Å². The summed E-state index contributed by atoms with van der Waals surface area (Å²) in [5, 5.41) is 19.1. The molecule has 1 saturated carbocycles. The number of carbonyl (C=O) groups is 1. The SMILES string of the molecule is COc1cc(C(=O)N2CC(C)(C)OCC2C2(O)CC2)cn2nc(NCc3cccc(Cl)c3)nc12. The summed E-state index contributed by atoms with van der Waals surface area (Å²) in [5.74, 6) is 0.634. The molecular weight excluding hydrogens is 458 g/mol. The number of halogens is 1. The van der Waals surface area contributed by atoms with Crippen molar-refractivity contribution < 1.29 is 19.4 Å². The van der Waals surface area contributed by atoms with Gasteiger partial charge in [0.1, 0.15) is 0 Å². The number of morpholine rings is 1. The predicted octanol–water partition coefficient (Wildman–Crippen LogP) is 3.15. The van der Waals surface area contributed by atoms with Gasteiger partial charge in [-0.15, -0.1) is 5.10 Å². The molecule has 9 nitrogen and oxygen atoms in total. The number of fused-ring (bicyclic) bond motifs is 1. The number of anilines is 1. The van der Waals surface area contributed by atoms with Crippen molar-refractivity contribution in [3.8, 4) is 5.75 Å². The van der Waals surface area contributed by atoms with Crippen molar-refractivity contribution >= 4 is 29.1 Å². The molecule has 1 unspecified atom stereocenters. The van der Waals surface area contributed by atoms with E-state index in [0.717, 1.165) is 5.56 Å². The third kappa shape index (κ3) is 4.43. The molecular formula is C24H28ClN5O4. The van der Waals surface area contributed by atoms with Crippen molar-refractivity contribution in [1.29, 1.82) is 0 Å². The van der Waals surface area contributed by atoms with Gasteiger partial charge in [0, 0.05) is 24.3 Å². The number of methoxy groups -OCH3 is 1. The summed E-state index contributed by atoms with van der Waals surface area (Å²) < 4.78 is 13.0. The van der Waals surface area contributed by atoms with Gasteiger partial charge in [-0.05, 0) is 50.5 Å². The van der Waals surface area contributed by atoms with E-state index in [2.05, 4.69) is 15.4 Å². The number of rotatable bonds is 6. The van der Waals surface area contributed by atoms with Crippen LogP contribution in [0, 0.1) is 0 Å². The Labute approximate surface area is 202 Å². The van der Waals surface area contributed by atoms with E-state index in [1.165, 1.54) is 7.11 Å². The third-order valence-electron chi connectivity index (χ3n) is 6.41. The first kappa shape index (κ1) is 22.9. The second-order valence-electron chi connectivity index (χ2n) is 9.61. The van der Waals surface area contributed by atoms with E-state index >= 15 is 0 Å². The zero-order valence-corrected chi connectivity index (χ0v) is 20.2. The molecule has 1 amide bonds. The molecule has 2 aromatic heterocycles. The number of aromatic nitrogens is 3. The van der Waals surface area contributed by atoms with Gasteiger partial charge in [0.15, 0.2) is 11.4 Å². The van der Waals surface area contributed by atoms with E-state index in [1.54, 1.807) is 21.7 Å². The van der Waals surface area contributed by atoms with Crippen molar-refractivity contribution in [3.05, 3.63) is 52.7 Å². The van der Waals surface area contributed by atoms with E-state index in [1.807, 2.05) is 38.1 Å². The number of hydrogen-bond acceptors (Lipinski definition) is 7. The normalized spacial score (nSPS) is 20.9. The molecule has 10 heteroatoms. The highest BCUT2D eigenvalue weighted by Gasteiger charge is 2.54. The monoisotopic (exact) mass is 485 g/mol. The minimum atomic E-state index is -0.884. The van der Waals surface area contributed by atoms with Gasteiger partial charge in [-0.25, -0.2) is 4.52 Å². The van der Waals surface area contributed by atoms with Crippen LogP contribution in [0.1, 0.15) is 42.6 Å². The van der Waals surface area contributed by atoms with Crippen LogP contribution in [0.3, 0.4) is 0 Å². The number of benzene rings is 1. The summed E-state index contributed by atoms with van der Waals surface area (Å²) in [4.78, 5) is 19.9. The highest BCUT2D eigenvalue weighted by Crippen LogP contribution is 2.43. The second-order valence-corrected chi connectivity index (χ2v) is 10.0. The molecule has 3 heterocycles. The lowest BCUT2D eigenvalue weighted by Gasteiger charge is -2.45. The van der Waals surface area contributed by atoms with Gasteiger partial charge >= 0.3 is 0 Å².